The molecule has 1 aliphatic rings. The number of anilines is 1. The second-order valence-corrected chi connectivity index (χ2v) is 6.19. The van der Waals surface area contributed by atoms with E-state index in [-0.39, 0.29) is 0 Å². The molecule has 1 atom stereocenters. The molecule has 3 aromatic carbocycles. The van der Waals surface area contributed by atoms with Crippen molar-refractivity contribution in [3.05, 3.63) is 84.4 Å². The maximum Gasteiger partial charge on any atom is 0.275 e. The van der Waals surface area contributed by atoms with Gasteiger partial charge in [0.2, 0.25) is 0 Å². The quantitative estimate of drug-likeness (QED) is 0.513. The summed E-state index contributed by atoms with van der Waals surface area (Å²) in [4.78, 5) is 0. The molecule has 0 aliphatic carbocycles. The molecule has 2 heterocycles. The molecule has 2 nitrogen and oxygen atoms in total. The summed E-state index contributed by atoms with van der Waals surface area (Å²) in [7, 11) is 0. The minimum atomic E-state index is 0.324. The molecule has 4 aromatic rings. The lowest BCUT2D eigenvalue weighted by molar-refractivity contribution is -0.648. The number of benzene rings is 3. The van der Waals surface area contributed by atoms with Crippen LogP contribution in [-0.2, 0) is 6.54 Å². The number of rotatable bonds is 1. The molecule has 0 fully saturated rings. The van der Waals surface area contributed by atoms with Crippen LogP contribution in [0.25, 0.3) is 21.7 Å². The largest absolute Gasteiger partial charge is 0.275 e. The molecule has 110 valence electrons. The number of nitrogens with zero attached hydrogens (tertiary/aromatic N) is 1. The van der Waals surface area contributed by atoms with Crippen molar-refractivity contribution in [3.63, 3.8) is 0 Å². The van der Waals surface area contributed by atoms with Crippen molar-refractivity contribution in [3.8, 4) is 0 Å². The van der Waals surface area contributed by atoms with Crippen molar-refractivity contribution >= 4 is 27.5 Å². The van der Waals surface area contributed by atoms with Gasteiger partial charge in [0, 0.05) is 17.0 Å². The fraction of sp³-hybridized carbons (Fsp3) is 0.0952. The second-order valence-electron chi connectivity index (χ2n) is 6.19. The maximum atomic E-state index is 3.67. The summed E-state index contributed by atoms with van der Waals surface area (Å²) in [6.07, 6.45) is 0. The molecule has 0 unspecified atom stereocenters. The van der Waals surface area contributed by atoms with Crippen molar-refractivity contribution in [2.24, 2.45) is 0 Å². The predicted octanol–water partition coefficient (Wildman–Crippen LogP) is 4.45. The Morgan fingerprint density at radius 3 is 2.39 bits per heavy atom. The second kappa shape index (κ2) is 4.82. The monoisotopic (exact) mass is 297 g/mol. The Bertz CT molecular complexity index is 1040. The third-order valence-corrected chi connectivity index (χ3v) is 4.80. The Morgan fingerprint density at radius 2 is 1.48 bits per heavy atom. The van der Waals surface area contributed by atoms with Crippen LogP contribution in [-0.4, -0.2) is 0 Å². The zero-order valence-electron chi connectivity index (χ0n) is 12.7. The Hall–Kier alpha value is -2.87. The summed E-state index contributed by atoms with van der Waals surface area (Å²) >= 11 is 0. The lowest BCUT2D eigenvalue weighted by atomic mass is 10.0. The van der Waals surface area contributed by atoms with Gasteiger partial charge >= 0.3 is 0 Å². The average Bonchev–Trinajstić information content (AvgIpc) is 3.06. The highest BCUT2D eigenvalue weighted by Gasteiger charge is 2.30. The summed E-state index contributed by atoms with van der Waals surface area (Å²) in [6.45, 7) is 0.967. The Labute approximate surface area is 135 Å². The van der Waals surface area contributed by atoms with E-state index in [0.717, 1.165) is 6.54 Å². The summed E-state index contributed by atoms with van der Waals surface area (Å²) < 4.78 is 2.38. The molecule has 1 aromatic heterocycles. The van der Waals surface area contributed by atoms with Crippen LogP contribution in [0.2, 0.25) is 0 Å². The standard InChI is InChI=1S/C21H16N2/c1-2-7-17-13-18(10-9-15(17)5-1)19-14-23-20-8-4-3-6-16(20)11-12-21(23)22-19/h1-13,19H,14H2/p+1/t19-/m0/s1. The smallest absolute Gasteiger partial charge is 0.263 e. The number of aromatic nitrogens is 1. The van der Waals surface area contributed by atoms with Gasteiger partial charge < -0.3 is 0 Å². The van der Waals surface area contributed by atoms with Crippen molar-refractivity contribution in [2.45, 2.75) is 12.6 Å². The molecular weight excluding hydrogens is 280 g/mol. The zero-order chi connectivity index (χ0) is 15.2. The zero-order valence-corrected chi connectivity index (χ0v) is 12.7. The van der Waals surface area contributed by atoms with Gasteiger partial charge in [-0.05, 0) is 29.0 Å². The molecule has 0 saturated carbocycles. The van der Waals surface area contributed by atoms with Gasteiger partial charge in [-0.2, -0.15) is 0 Å². The number of nitrogens with one attached hydrogen (secondary N) is 1. The minimum absolute atomic E-state index is 0.324. The van der Waals surface area contributed by atoms with Crippen LogP contribution in [0, 0.1) is 0 Å². The maximum absolute atomic E-state index is 3.67. The van der Waals surface area contributed by atoms with Gasteiger partial charge in [-0.15, -0.1) is 0 Å². The third kappa shape index (κ3) is 1.99. The first-order chi connectivity index (χ1) is 11.4. The molecule has 0 saturated heterocycles. The number of pyridine rings is 1. The SMILES string of the molecule is c1ccc2cc([C@@H]3C[n+]4c(ccc5ccccc54)N3)ccc2c1. The lowest BCUT2D eigenvalue weighted by Crippen LogP contribution is -2.32. The molecule has 5 rings (SSSR count). The molecule has 1 aliphatic heterocycles. The first kappa shape index (κ1) is 12.7. The highest BCUT2D eigenvalue weighted by Crippen LogP contribution is 2.28. The van der Waals surface area contributed by atoms with Gasteiger partial charge in [0.1, 0.15) is 12.1 Å². The summed E-state index contributed by atoms with van der Waals surface area (Å²) in [6, 6.07) is 28.6. The van der Waals surface area contributed by atoms with E-state index in [9.17, 15) is 0 Å². The van der Waals surface area contributed by atoms with Crippen LogP contribution in [0.5, 0.6) is 0 Å². The van der Waals surface area contributed by atoms with Crippen LogP contribution in [0.15, 0.2) is 78.9 Å². The van der Waals surface area contributed by atoms with Crippen LogP contribution in [0.3, 0.4) is 0 Å². The van der Waals surface area contributed by atoms with Gasteiger partial charge in [0.05, 0.1) is 0 Å². The van der Waals surface area contributed by atoms with E-state index >= 15 is 0 Å². The van der Waals surface area contributed by atoms with Gasteiger partial charge in [0.25, 0.3) is 5.82 Å². The van der Waals surface area contributed by atoms with Crippen molar-refractivity contribution in [2.75, 3.05) is 5.32 Å². The number of para-hydroxylation sites is 1. The average molecular weight is 297 g/mol. The topological polar surface area (TPSA) is 15.9 Å². The van der Waals surface area contributed by atoms with Gasteiger partial charge in [-0.25, -0.2) is 4.57 Å². The molecular formula is C21H17N2+. The fourth-order valence-corrected chi connectivity index (χ4v) is 3.61. The van der Waals surface area contributed by atoms with Crippen molar-refractivity contribution < 1.29 is 4.57 Å². The van der Waals surface area contributed by atoms with E-state index in [2.05, 4.69) is 88.7 Å². The number of hydrogen-bond acceptors (Lipinski definition) is 1. The summed E-state index contributed by atoms with van der Waals surface area (Å²) in [5.41, 5.74) is 2.64. The van der Waals surface area contributed by atoms with Gasteiger partial charge in [0.15, 0.2) is 6.04 Å². The summed E-state index contributed by atoms with van der Waals surface area (Å²) in [5, 5.41) is 7.56. The van der Waals surface area contributed by atoms with E-state index in [0.29, 0.717) is 6.04 Å². The molecule has 1 N–H and O–H groups in total. The van der Waals surface area contributed by atoms with E-state index in [1.165, 1.54) is 33.1 Å². The predicted molar refractivity (Wildman–Crippen MR) is 94.5 cm³/mol. The molecule has 23 heavy (non-hydrogen) atoms. The van der Waals surface area contributed by atoms with E-state index in [1.807, 2.05) is 0 Å². The van der Waals surface area contributed by atoms with Crippen molar-refractivity contribution in [1.82, 2.24) is 0 Å². The van der Waals surface area contributed by atoms with Crippen LogP contribution in [0.4, 0.5) is 5.82 Å². The molecule has 0 amide bonds. The normalized spacial score (nSPS) is 16.4. The first-order valence-electron chi connectivity index (χ1n) is 8.05. The van der Waals surface area contributed by atoms with Crippen LogP contribution in [0.1, 0.15) is 11.6 Å². The highest BCUT2D eigenvalue weighted by molar-refractivity contribution is 5.83. The van der Waals surface area contributed by atoms with Crippen LogP contribution < -0.4 is 9.88 Å². The van der Waals surface area contributed by atoms with Gasteiger partial charge in [-0.3, -0.25) is 5.32 Å². The lowest BCUT2D eigenvalue weighted by Gasteiger charge is -2.07. The fourth-order valence-electron chi connectivity index (χ4n) is 3.61. The molecule has 0 radical (unpaired) electrons. The van der Waals surface area contributed by atoms with E-state index in [1.54, 1.807) is 0 Å². The number of hydrogen-bond donors (Lipinski definition) is 1. The Kier molecular flexibility index (Phi) is 2.65. The Morgan fingerprint density at radius 1 is 0.739 bits per heavy atom. The third-order valence-electron chi connectivity index (χ3n) is 4.80. The van der Waals surface area contributed by atoms with Crippen molar-refractivity contribution in [1.29, 1.82) is 0 Å². The van der Waals surface area contributed by atoms with E-state index < -0.39 is 0 Å². The summed E-state index contributed by atoms with van der Waals surface area (Å²) in [5.74, 6) is 1.20. The Balaban J connectivity index is 1.58. The minimum Gasteiger partial charge on any atom is -0.263 e. The highest BCUT2D eigenvalue weighted by atomic mass is 15.2. The molecule has 2 heteroatoms. The first-order valence-corrected chi connectivity index (χ1v) is 8.05. The van der Waals surface area contributed by atoms with Gasteiger partial charge in [-0.1, -0.05) is 54.6 Å². The van der Waals surface area contributed by atoms with E-state index in [4.69, 9.17) is 0 Å². The molecule has 0 spiro atoms. The molecule has 0 bridgehead atoms. The number of fused-ring (bicyclic) bond motifs is 4. The van der Waals surface area contributed by atoms with Crippen LogP contribution >= 0.6 is 0 Å².